The van der Waals surface area contributed by atoms with E-state index in [1.54, 1.807) is 12.1 Å². The third-order valence-corrected chi connectivity index (χ3v) is 2.40. The molecule has 0 bridgehead atoms. The molecule has 0 aliphatic rings. The summed E-state index contributed by atoms with van der Waals surface area (Å²) in [6, 6.07) is 10.5. The van der Waals surface area contributed by atoms with Crippen LogP contribution in [0.1, 0.15) is 10.5 Å². The summed E-state index contributed by atoms with van der Waals surface area (Å²) in [5.41, 5.74) is 1.22. The minimum Gasteiger partial charge on any atom is -0.286 e. The maximum absolute atomic E-state index is 12.3. The lowest BCUT2D eigenvalue weighted by atomic mass is 10.1. The first kappa shape index (κ1) is 11.4. The summed E-state index contributed by atoms with van der Waals surface area (Å²) in [4.78, 5) is 11.2. The van der Waals surface area contributed by atoms with Crippen molar-refractivity contribution >= 4 is 5.78 Å². The van der Waals surface area contributed by atoms with Crippen LogP contribution in [0.4, 0.5) is 8.78 Å². The van der Waals surface area contributed by atoms with Crippen LogP contribution in [0.2, 0.25) is 0 Å². The summed E-state index contributed by atoms with van der Waals surface area (Å²) >= 11 is 0. The normalized spacial score (nSPS) is 10.8. The zero-order chi connectivity index (χ0) is 12.4. The Morgan fingerprint density at radius 3 is 2.53 bits per heavy atom. The fourth-order valence-corrected chi connectivity index (χ4v) is 1.56. The van der Waals surface area contributed by atoms with E-state index in [-0.39, 0.29) is 5.69 Å². The fourth-order valence-electron chi connectivity index (χ4n) is 1.56. The summed E-state index contributed by atoms with van der Waals surface area (Å²) in [7, 11) is 1.47. The zero-order valence-electron chi connectivity index (χ0n) is 9.10. The summed E-state index contributed by atoms with van der Waals surface area (Å²) in [6.45, 7) is 0. The van der Waals surface area contributed by atoms with E-state index in [0.717, 1.165) is 5.56 Å². The first-order chi connectivity index (χ1) is 8.09. The maximum atomic E-state index is 12.3. The van der Waals surface area contributed by atoms with Gasteiger partial charge in [-0.05, 0) is 6.07 Å². The summed E-state index contributed by atoms with van der Waals surface area (Å²) in [5.74, 6) is -1.21. The van der Waals surface area contributed by atoms with Gasteiger partial charge in [0, 0.05) is 12.6 Å². The van der Waals surface area contributed by atoms with Crippen molar-refractivity contribution < 1.29 is 13.6 Å². The molecular weight excluding hydrogens is 226 g/mol. The number of rotatable bonds is 3. The topological polar surface area (TPSA) is 34.9 Å². The number of benzene rings is 1. The van der Waals surface area contributed by atoms with Gasteiger partial charge in [-0.15, -0.1) is 0 Å². The molecule has 0 unspecified atom stereocenters. The van der Waals surface area contributed by atoms with Crippen molar-refractivity contribution in [2.75, 3.05) is 0 Å². The number of aromatic nitrogens is 2. The lowest BCUT2D eigenvalue weighted by molar-refractivity contribution is 0.0668. The van der Waals surface area contributed by atoms with Gasteiger partial charge < -0.3 is 0 Å². The Morgan fingerprint density at radius 2 is 1.94 bits per heavy atom. The van der Waals surface area contributed by atoms with Crippen LogP contribution in [0.5, 0.6) is 0 Å². The number of aryl methyl sites for hydroxylation is 1. The SMILES string of the molecule is Cn1nc(-c2ccccc2)cc1C(=O)C(F)F. The van der Waals surface area contributed by atoms with Gasteiger partial charge in [0.2, 0.25) is 5.78 Å². The van der Waals surface area contributed by atoms with Crippen LogP contribution in [-0.4, -0.2) is 22.0 Å². The van der Waals surface area contributed by atoms with Crippen molar-refractivity contribution in [3.05, 3.63) is 42.1 Å². The van der Waals surface area contributed by atoms with Crippen LogP contribution in [0.15, 0.2) is 36.4 Å². The number of ketones is 1. The van der Waals surface area contributed by atoms with E-state index in [0.29, 0.717) is 5.69 Å². The van der Waals surface area contributed by atoms with Crippen molar-refractivity contribution in [3.8, 4) is 11.3 Å². The number of hydrogen-bond acceptors (Lipinski definition) is 2. The molecule has 5 heteroatoms. The Kier molecular flexibility index (Phi) is 2.99. The highest BCUT2D eigenvalue weighted by molar-refractivity contribution is 5.97. The molecule has 1 heterocycles. The first-order valence-electron chi connectivity index (χ1n) is 5.01. The molecule has 1 aromatic heterocycles. The highest BCUT2D eigenvalue weighted by atomic mass is 19.3. The van der Waals surface area contributed by atoms with Crippen molar-refractivity contribution in [3.63, 3.8) is 0 Å². The van der Waals surface area contributed by atoms with Crippen LogP contribution < -0.4 is 0 Å². The van der Waals surface area contributed by atoms with Gasteiger partial charge in [0.05, 0.1) is 5.69 Å². The van der Waals surface area contributed by atoms with Crippen molar-refractivity contribution in [2.45, 2.75) is 6.43 Å². The monoisotopic (exact) mass is 236 g/mol. The summed E-state index contributed by atoms with van der Waals surface area (Å²) < 4.78 is 25.8. The largest absolute Gasteiger partial charge is 0.302 e. The zero-order valence-corrected chi connectivity index (χ0v) is 9.10. The van der Waals surface area contributed by atoms with Crippen LogP contribution in [0.3, 0.4) is 0 Å². The van der Waals surface area contributed by atoms with E-state index in [1.807, 2.05) is 18.2 Å². The number of Topliss-reactive ketones (excluding diaryl/α,β-unsaturated/α-hetero) is 1. The number of carbonyl (C=O) groups is 1. The third-order valence-electron chi connectivity index (χ3n) is 2.40. The fraction of sp³-hybridized carbons (Fsp3) is 0.167. The molecule has 17 heavy (non-hydrogen) atoms. The Balaban J connectivity index is 2.41. The molecule has 0 saturated carbocycles. The number of halogens is 2. The molecular formula is C12H10F2N2O. The molecule has 1 aromatic carbocycles. The van der Waals surface area contributed by atoms with Gasteiger partial charge >= 0.3 is 6.43 Å². The second-order valence-corrected chi connectivity index (χ2v) is 3.57. The van der Waals surface area contributed by atoms with Gasteiger partial charge in [0.15, 0.2) is 0 Å². The van der Waals surface area contributed by atoms with E-state index in [4.69, 9.17) is 0 Å². The van der Waals surface area contributed by atoms with Crippen molar-refractivity contribution in [1.82, 2.24) is 9.78 Å². The predicted molar refractivity (Wildman–Crippen MR) is 59.0 cm³/mol. The Bertz CT molecular complexity index is 535. The standard InChI is InChI=1S/C12H10F2N2O/c1-16-10(11(17)12(13)14)7-9(15-16)8-5-3-2-4-6-8/h2-7,12H,1H3. The molecule has 0 spiro atoms. The maximum Gasteiger partial charge on any atom is 0.302 e. The molecule has 0 aliphatic heterocycles. The minimum atomic E-state index is -3.01. The lowest BCUT2D eigenvalue weighted by Crippen LogP contribution is -2.14. The first-order valence-corrected chi connectivity index (χ1v) is 5.01. The van der Waals surface area contributed by atoms with E-state index in [9.17, 15) is 13.6 Å². The van der Waals surface area contributed by atoms with Gasteiger partial charge in [0.25, 0.3) is 0 Å². The van der Waals surface area contributed by atoms with E-state index < -0.39 is 12.2 Å². The van der Waals surface area contributed by atoms with Gasteiger partial charge in [-0.3, -0.25) is 9.48 Å². The van der Waals surface area contributed by atoms with Gasteiger partial charge in [-0.2, -0.15) is 5.10 Å². The molecule has 0 atom stereocenters. The quantitative estimate of drug-likeness (QED) is 0.767. The van der Waals surface area contributed by atoms with Crippen molar-refractivity contribution in [1.29, 1.82) is 0 Å². The van der Waals surface area contributed by atoms with Crippen LogP contribution in [0.25, 0.3) is 11.3 Å². The third kappa shape index (κ3) is 2.22. The van der Waals surface area contributed by atoms with Gasteiger partial charge in [0.1, 0.15) is 5.69 Å². The Labute approximate surface area is 96.7 Å². The molecule has 0 fully saturated rings. The highest BCUT2D eigenvalue weighted by Crippen LogP contribution is 2.19. The van der Waals surface area contributed by atoms with Crippen molar-refractivity contribution in [2.24, 2.45) is 7.05 Å². The highest BCUT2D eigenvalue weighted by Gasteiger charge is 2.22. The molecule has 2 aromatic rings. The number of carbonyl (C=O) groups excluding carboxylic acids is 1. The molecule has 0 aliphatic carbocycles. The second-order valence-electron chi connectivity index (χ2n) is 3.57. The Morgan fingerprint density at radius 1 is 1.29 bits per heavy atom. The minimum absolute atomic E-state index is 0.0844. The molecule has 88 valence electrons. The molecule has 0 amide bonds. The smallest absolute Gasteiger partial charge is 0.286 e. The van der Waals surface area contributed by atoms with E-state index in [1.165, 1.54) is 17.8 Å². The van der Waals surface area contributed by atoms with E-state index in [2.05, 4.69) is 5.10 Å². The predicted octanol–water partition coefficient (Wildman–Crippen LogP) is 2.53. The van der Waals surface area contributed by atoms with Gasteiger partial charge in [-0.1, -0.05) is 30.3 Å². The molecule has 0 N–H and O–H groups in total. The average molecular weight is 236 g/mol. The van der Waals surface area contributed by atoms with Gasteiger partial charge in [-0.25, -0.2) is 8.78 Å². The molecule has 0 radical (unpaired) electrons. The van der Waals surface area contributed by atoms with Crippen LogP contribution in [-0.2, 0) is 7.05 Å². The summed E-state index contributed by atoms with van der Waals surface area (Å²) in [5, 5.41) is 4.05. The average Bonchev–Trinajstić information content (AvgIpc) is 2.71. The summed E-state index contributed by atoms with van der Waals surface area (Å²) in [6.07, 6.45) is -3.01. The molecule has 0 saturated heterocycles. The second kappa shape index (κ2) is 4.45. The Hall–Kier alpha value is -2.04. The van der Waals surface area contributed by atoms with E-state index >= 15 is 0 Å². The lowest BCUT2D eigenvalue weighted by Gasteiger charge is -1.97. The van der Waals surface area contributed by atoms with Crippen LogP contribution >= 0.6 is 0 Å². The molecule has 3 nitrogen and oxygen atoms in total. The number of alkyl halides is 2. The molecule has 2 rings (SSSR count). The number of hydrogen-bond donors (Lipinski definition) is 0. The number of nitrogens with zero attached hydrogens (tertiary/aromatic N) is 2. The van der Waals surface area contributed by atoms with Crippen LogP contribution in [0, 0.1) is 0 Å².